The number of ether oxygens (including phenoxy) is 1. The van der Waals surface area contributed by atoms with Crippen molar-refractivity contribution in [3.8, 4) is 0 Å². The molecule has 0 aliphatic heterocycles. The van der Waals surface area contributed by atoms with E-state index in [-0.39, 0.29) is 11.8 Å². The van der Waals surface area contributed by atoms with E-state index in [1.807, 2.05) is 54.6 Å². The zero-order valence-electron chi connectivity index (χ0n) is 13.5. The summed E-state index contributed by atoms with van der Waals surface area (Å²) >= 11 is 0. The van der Waals surface area contributed by atoms with Crippen molar-refractivity contribution in [2.45, 2.75) is 32.1 Å². The Kier molecular flexibility index (Phi) is 6.55. The van der Waals surface area contributed by atoms with E-state index in [1.165, 1.54) is 12.7 Å². The second-order valence-corrected chi connectivity index (χ2v) is 5.54. The van der Waals surface area contributed by atoms with Crippen LogP contribution >= 0.6 is 0 Å². The number of rotatable bonds is 8. The number of esters is 1. The summed E-state index contributed by atoms with van der Waals surface area (Å²) < 4.78 is 4.62. The predicted octanol–water partition coefficient (Wildman–Crippen LogP) is 4.00. The predicted molar refractivity (Wildman–Crippen MR) is 90.5 cm³/mol. The molecule has 0 bridgehead atoms. The number of ketones is 1. The van der Waals surface area contributed by atoms with E-state index in [2.05, 4.69) is 4.74 Å². The van der Waals surface area contributed by atoms with Crippen molar-refractivity contribution in [3.05, 3.63) is 71.3 Å². The highest BCUT2D eigenvalue weighted by atomic mass is 16.5. The van der Waals surface area contributed by atoms with Gasteiger partial charge in [-0.15, -0.1) is 0 Å². The van der Waals surface area contributed by atoms with E-state index >= 15 is 0 Å². The third-order valence-corrected chi connectivity index (χ3v) is 3.83. The maximum atomic E-state index is 12.2. The topological polar surface area (TPSA) is 43.4 Å². The molecule has 3 heteroatoms. The Labute approximate surface area is 137 Å². The molecule has 2 aromatic rings. The van der Waals surface area contributed by atoms with Crippen LogP contribution in [0.2, 0.25) is 0 Å². The molecule has 0 aromatic heterocycles. The monoisotopic (exact) mass is 310 g/mol. The van der Waals surface area contributed by atoms with Crippen LogP contribution in [0.15, 0.2) is 54.6 Å². The Balaban J connectivity index is 1.81. The number of aryl methyl sites for hydroxylation is 2. The van der Waals surface area contributed by atoms with Crippen LogP contribution in [0, 0.1) is 0 Å². The summed E-state index contributed by atoms with van der Waals surface area (Å²) in [7, 11) is 1.40. The number of hydrogen-bond donors (Lipinski definition) is 0. The second-order valence-electron chi connectivity index (χ2n) is 5.54. The first kappa shape index (κ1) is 16.9. The minimum absolute atomic E-state index is 0.162. The molecule has 0 radical (unpaired) electrons. The molecule has 23 heavy (non-hydrogen) atoms. The first-order chi connectivity index (χ1) is 11.2. The zero-order valence-corrected chi connectivity index (χ0v) is 13.5. The second kappa shape index (κ2) is 8.89. The SMILES string of the molecule is COC(=O)CCCc1ccc(C(=O)CCc2ccccc2)cc1. The van der Waals surface area contributed by atoms with Gasteiger partial charge in [0.2, 0.25) is 0 Å². The number of hydrogen-bond acceptors (Lipinski definition) is 3. The fraction of sp³-hybridized carbons (Fsp3) is 0.300. The Morgan fingerprint density at radius 3 is 2.13 bits per heavy atom. The van der Waals surface area contributed by atoms with Crippen LogP contribution < -0.4 is 0 Å². The van der Waals surface area contributed by atoms with Gasteiger partial charge in [0, 0.05) is 18.4 Å². The van der Waals surface area contributed by atoms with Gasteiger partial charge < -0.3 is 4.74 Å². The van der Waals surface area contributed by atoms with Crippen molar-refractivity contribution >= 4 is 11.8 Å². The van der Waals surface area contributed by atoms with Crippen LogP contribution in [0.1, 0.15) is 40.7 Å². The van der Waals surface area contributed by atoms with E-state index in [1.54, 1.807) is 0 Å². The normalized spacial score (nSPS) is 10.3. The van der Waals surface area contributed by atoms with E-state index in [9.17, 15) is 9.59 Å². The van der Waals surface area contributed by atoms with Gasteiger partial charge in [-0.2, -0.15) is 0 Å². The first-order valence-electron chi connectivity index (χ1n) is 7.92. The van der Waals surface area contributed by atoms with Crippen LogP contribution in [0.25, 0.3) is 0 Å². The van der Waals surface area contributed by atoms with Crippen molar-refractivity contribution in [2.75, 3.05) is 7.11 Å². The van der Waals surface area contributed by atoms with Gasteiger partial charge in [-0.3, -0.25) is 9.59 Å². The molecule has 120 valence electrons. The lowest BCUT2D eigenvalue weighted by molar-refractivity contribution is -0.140. The van der Waals surface area contributed by atoms with E-state index in [4.69, 9.17) is 0 Å². The average molecular weight is 310 g/mol. The van der Waals surface area contributed by atoms with E-state index in [0.717, 1.165) is 30.4 Å². The van der Waals surface area contributed by atoms with Crippen LogP contribution in [0.5, 0.6) is 0 Å². The number of Topliss-reactive ketones (excluding diaryl/α,β-unsaturated/α-hetero) is 1. The van der Waals surface area contributed by atoms with Gasteiger partial charge in [0.05, 0.1) is 7.11 Å². The maximum Gasteiger partial charge on any atom is 0.305 e. The molecule has 2 aromatic carbocycles. The van der Waals surface area contributed by atoms with Crippen LogP contribution in [0.4, 0.5) is 0 Å². The van der Waals surface area contributed by atoms with Gasteiger partial charge in [-0.05, 0) is 30.4 Å². The Bertz CT molecular complexity index is 630. The van der Waals surface area contributed by atoms with Gasteiger partial charge >= 0.3 is 5.97 Å². The minimum Gasteiger partial charge on any atom is -0.469 e. The molecular weight excluding hydrogens is 288 g/mol. The van der Waals surface area contributed by atoms with Gasteiger partial charge in [0.25, 0.3) is 0 Å². The molecule has 0 aliphatic rings. The summed E-state index contributed by atoms with van der Waals surface area (Å²) in [6.45, 7) is 0. The van der Waals surface area contributed by atoms with Gasteiger partial charge in [-0.1, -0.05) is 54.6 Å². The number of carbonyl (C=O) groups is 2. The zero-order chi connectivity index (χ0) is 16.5. The third kappa shape index (κ3) is 5.70. The number of carbonyl (C=O) groups excluding carboxylic acids is 2. The molecule has 0 unspecified atom stereocenters. The number of methoxy groups -OCH3 is 1. The van der Waals surface area contributed by atoms with Crippen molar-refractivity contribution < 1.29 is 14.3 Å². The minimum atomic E-state index is -0.183. The summed E-state index contributed by atoms with van der Waals surface area (Å²) in [5.41, 5.74) is 3.06. The van der Waals surface area contributed by atoms with Crippen LogP contribution in [-0.4, -0.2) is 18.9 Å². The third-order valence-electron chi connectivity index (χ3n) is 3.83. The smallest absolute Gasteiger partial charge is 0.305 e. The molecule has 2 rings (SSSR count). The quantitative estimate of drug-likeness (QED) is 0.547. The van der Waals surface area contributed by atoms with Crippen molar-refractivity contribution in [1.29, 1.82) is 0 Å². The Hall–Kier alpha value is -2.42. The summed E-state index contributed by atoms with van der Waals surface area (Å²) in [6.07, 6.45) is 3.28. The highest BCUT2D eigenvalue weighted by Gasteiger charge is 2.07. The number of benzene rings is 2. The molecule has 0 fully saturated rings. The molecule has 0 saturated heterocycles. The summed E-state index contributed by atoms with van der Waals surface area (Å²) in [6, 6.07) is 17.7. The Morgan fingerprint density at radius 1 is 0.826 bits per heavy atom. The van der Waals surface area contributed by atoms with E-state index in [0.29, 0.717) is 12.8 Å². The maximum absolute atomic E-state index is 12.2. The molecule has 0 saturated carbocycles. The largest absolute Gasteiger partial charge is 0.469 e. The molecule has 0 amide bonds. The van der Waals surface area contributed by atoms with Crippen molar-refractivity contribution in [1.82, 2.24) is 0 Å². The highest BCUT2D eigenvalue weighted by Crippen LogP contribution is 2.12. The lowest BCUT2D eigenvalue weighted by atomic mass is 10.0. The lowest BCUT2D eigenvalue weighted by Crippen LogP contribution is -2.02. The fourth-order valence-corrected chi connectivity index (χ4v) is 2.44. The fourth-order valence-electron chi connectivity index (χ4n) is 2.44. The average Bonchev–Trinajstić information content (AvgIpc) is 2.61. The first-order valence-corrected chi connectivity index (χ1v) is 7.92. The molecule has 0 aliphatic carbocycles. The molecule has 0 atom stereocenters. The summed E-state index contributed by atoms with van der Waals surface area (Å²) in [4.78, 5) is 23.3. The van der Waals surface area contributed by atoms with Crippen molar-refractivity contribution in [3.63, 3.8) is 0 Å². The molecular formula is C20H22O3. The molecule has 3 nitrogen and oxygen atoms in total. The van der Waals surface area contributed by atoms with Gasteiger partial charge in [-0.25, -0.2) is 0 Å². The van der Waals surface area contributed by atoms with E-state index < -0.39 is 0 Å². The molecule has 0 spiro atoms. The standard InChI is InChI=1S/C20H22O3/c1-23-20(22)9-5-8-17-10-13-18(14-11-17)19(21)15-12-16-6-3-2-4-7-16/h2-4,6-7,10-11,13-14H,5,8-9,12,15H2,1H3. The molecule has 0 N–H and O–H groups in total. The highest BCUT2D eigenvalue weighted by molar-refractivity contribution is 5.96. The van der Waals surface area contributed by atoms with Crippen LogP contribution in [0.3, 0.4) is 0 Å². The molecule has 0 heterocycles. The van der Waals surface area contributed by atoms with Crippen molar-refractivity contribution in [2.24, 2.45) is 0 Å². The summed E-state index contributed by atoms with van der Waals surface area (Å²) in [5, 5.41) is 0. The Morgan fingerprint density at radius 2 is 1.48 bits per heavy atom. The lowest BCUT2D eigenvalue weighted by Gasteiger charge is -2.04. The van der Waals surface area contributed by atoms with Crippen LogP contribution in [-0.2, 0) is 22.4 Å². The summed E-state index contributed by atoms with van der Waals surface area (Å²) in [5.74, 6) is -0.0207. The van der Waals surface area contributed by atoms with Gasteiger partial charge in [0.15, 0.2) is 5.78 Å². The van der Waals surface area contributed by atoms with Gasteiger partial charge in [0.1, 0.15) is 0 Å².